The molecule has 2 atom stereocenters. The number of likely N-dealkylation sites (tertiary alicyclic amines) is 1. The first kappa shape index (κ1) is 16.0. The summed E-state index contributed by atoms with van der Waals surface area (Å²) in [5, 5.41) is 3.81. The van der Waals surface area contributed by atoms with Gasteiger partial charge in [0.2, 0.25) is 0 Å². The molecule has 1 saturated heterocycles. The molecule has 0 saturated carbocycles. The molecule has 0 aromatic heterocycles. The van der Waals surface area contributed by atoms with Crippen LogP contribution in [0.15, 0.2) is 0 Å². The van der Waals surface area contributed by atoms with Gasteiger partial charge in [-0.1, -0.05) is 26.7 Å². The van der Waals surface area contributed by atoms with Crippen molar-refractivity contribution in [3.8, 4) is 0 Å². The molecule has 2 nitrogen and oxygen atoms in total. The predicted molar refractivity (Wildman–Crippen MR) is 81.0 cm³/mol. The second-order valence-electron chi connectivity index (χ2n) is 6.18. The third-order valence-corrected chi connectivity index (χ3v) is 4.42. The van der Waals surface area contributed by atoms with Crippen molar-refractivity contribution < 1.29 is 0 Å². The maximum absolute atomic E-state index is 3.81. The maximum Gasteiger partial charge on any atom is 0.00704 e. The van der Waals surface area contributed by atoms with E-state index in [1.807, 2.05) is 0 Å². The molecule has 1 aliphatic rings. The standard InChI is InChI=1S/C16H34N2/c1-5-7-8-14(3)17-15(4)16-9-12-18(11-6-2)13-10-16/h14-17H,5-13H2,1-4H3. The molecule has 2 unspecified atom stereocenters. The smallest absolute Gasteiger partial charge is 0.00704 e. The Balaban J connectivity index is 2.20. The van der Waals surface area contributed by atoms with Gasteiger partial charge in [-0.3, -0.25) is 0 Å². The molecule has 0 aliphatic carbocycles. The van der Waals surface area contributed by atoms with E-state index in [-0.39, 0.29) is 0 Å². The minimum atomic E-state index is 0.689. The molecular formula is C16H34N2. The Morgan fingerprint density at radius 2 is 1.78 bits per heavy atom. The SMILES string of the molecule is CCCCC(C)NC(C)C1CCN(CCC)CC1. The maximum atomic E-state index is 3.81. The molecule has 1 heterocycles. The minimum absolute atomic E-state index is 0.689. The highest BCUT2D eigenvalue weighted by molar-refractivity contribution is 4.81. The van der Waals surface area contributed by atoms with Crippen LogP contribution < -0.4 is 5.32 Å². The van der Waals surface area contributed by atoms with Crippen LogP contribution in [0.25, 0.3) is 0 Å². The Morgan fingerprint density at radius 3 is 2.33 bits per heavy atom. The summed E-state index contributed by atoms with van der Waals surface area (Å²) in [6, 6.07) is 1.38. The number of nitrogens with one attached hydrogen (secondary N) is 1. The highest BCUT2D eigenvalue weighted by Crippen LogP contribution is 2.21. The molecule has 0 radical (unpaired) electrons. The van der Waals surface area contributed by atoms with Crippen molar-refractivity contribution in [2.24, 2.45) is 5.92 Å². The fraction of sp³-hybridized carbons (Fsp3) is 1.00. The summed E-state index contributed by atoms with van der Waals surface area (Å²) >= 11 is 0. The molecule has 1 fully saturated rings. The summed E-state index contributed by atoms with van der Waals surface area (Å²) in [7, 11) is 0. The fourth-order valence-corrected chi connectivity index (χ4v) is 3.17. The topological polar surface area (TPSA) is 15.3 Å². The van der Waals surface area contributed by atoms with Gasteiger partial charge >= 0.3 is 0 Å². The highest BCUT2D eigenvalue weighted by atomic mass is 15.1. The van der Waals surface area contributed by atoms with Gasteiger partial charge in [-0.25, -0.2) is 0 Å². The second-order valence-corrected chi connectivity index (χ2v) is 6.18. The van der Waals surface area contributed by atoms with Crippen molar-refractivity contribution in [3.05, 3.63) is 0 Å². The van der Waals surface area contributed by atoms with Gasteiger partial charge in [0.15, 0.2) is 0 Å². The number of rotatable bonds is 8. The van der Waals surface area contributed by atoms with Crippen molar-refractivity contribution in [3.63, 3.8) is 0 Å². The van der Waals surface area contributed by atoms with Gasteiger partial charge in [-0.2, -0.15) is 0 Å². The first-order valence-electron chi connectivity index (χ1n) is 8.15. The molecule has 108 valence electrons. The van der Waals surface area contributed by atoms with E-state index in [9.17, 15) is 0 Å². The van der Waals surface area contributed by atoms with Crippen LogP contribution >= 0.6 is 0 Å². The van der Waals surface area contributed by atoms with E-state index in [0.717, 1.165) is 5.92 Å². The minimum Gasteiger partial charge on any atom is -0.312 e. The van der Waals surface area contributed by atoms with Crippen molar-refractivity contribution in [1.29, 1.82) is 0 Å². The Bertz CT molecular complexity index is 197. The molecule has 18 heavy (non-hydrogen) atoms. The van der Waals surface area contributed by atoms with E-state index in [0.29, 0.717) is 12.1 Å². The Labute approximate surface area is 115 Å². The summed E-state index contributed by atoms with van der Waals surface area (Å²) in [6.45, 7) is 13.2. The van der Waals surface area contributed by atoms with E-state index < -0.39 is 0 Å². The van der Waals surface area contributed by atoms with Crippen molar-refractivity contribution in [1.82, 2.24) is 10.2 Å². The summed E-state index contributed by atoms with van der Waals surface area (Å²) < 4.78 is 0. The quantitative estimate of drug-likeness (QED) is 0.711. The summed E-state index contributed by atoms with van der Waals surface area (Å²) in [5.74, 6) is 0.891. The van der Waals surface area contributed by atoms with Gasteiger partial charge in [0.05, 0.1) is 0 Å². The molecule has 2 heteroatoms. The lowest BCUT2D eigenvalue weighted by atomic mass is 9.89. The number of piperidine rings is 1. The molecule has 0 spiro atoms. The zero-order valence-corrected chi connectivity index (χ0v) is 13.0. The van der Waals surface area contributed by atoms with Gasteiger partial charge in [0.25, 0.3) is 0 Å². The first-order chi connectivity index (χ1) is 8.67. The summed E-state index contributed by atoms with van der Waals surface area (Å²) in [5.41, 5.74) is 0. The van der Waals surface area contributed by atoms with Crippen molar-refractivity contribution >= 4 is 0 Å². The van der Waals surface area contributed by atoms with Gasteiger partial charge in [-0.15, -0.1) is 0 Å². The monoisotopic (exact) mass is 254 g/mol. The third-order valence-electron chi connectivity index (χ3n) is 4.42. The van der Waals surface area contributed by atoms with E-state index in [1.54, 1.807) is 0 Å². The van der Waals surface area contributed by atoms with E-state index in [2.05, 4.69) is 37.9 Å². The zero-order valence-electron chi connectivity index (χ0n) is 13.0. The number of nitrogens with zero attached hydrogens (tertiary/aromatic N) is 1. The average Bonchev–Trinajstić information content (AvgIpc) is 2.37. The highest BCUT2D eigenvalue weighted by Gasteiger charge is 2.23. The largest absolute Gasteiger partial charge is 0.312 e. The van der Waals surface area contributed by atoms with E-state index >= 15 is 0 Å². The zero-order chi connectivity index (χ0) is 13.4. The van der Waals surface area contributed by atoms with Crippen LogP contribution in [0.2, 0.25) is 0 Å². The van der Waals surface area contributed by atoms with E-state index in [4.69, 9.17) is 0 Å². The normalized spacial score (nSPS) is 22.0. The summed E-state index contributed by atoms with van der Waals surface area (Å²) in [6.07, 6.45) is 8.07. The lowest BCUT2D eigenvalue weighted by Crippen LogP contribution is -2.44. The van der Waals surface area contributed by atoms with Crippen LogP contribution in [0.3, 0.4) is 0 Å². The van der Waals surface area contributed by atoms with Crippen LogP contribution in [0, 0.1) is 5.92 Å². The fourth-order valence-electron chi connectivity index (χ4n) is 3.17. The lowest BCUT2D eigenvalue weighted by Gasteiger charge is -2.36. The summed E-state index contributed by atoms with van der Waals surface area (Å²) in [4.78, 5) is 2.63. The van der Waals surface area contributed by atoms with Gasteiger partial charge in [0, 0.05) is 12.1 Å². The molecule has 0 bridgehead atoms. The molecule has 0 aromatic carbocycles. The molecule has 0 aromatic rings. The Morgan fingerprint density at radius 1 is 1.11 bits per heavy atom. The second kappa shape index (κ2) is 8.92. The van der Waals surface area contributed by atoms with Gasteiger partial charge < -0.3 is 10.2 Å². The third kappa shape index (κ3) is 5.71. The van der Waals surface area contributed by atoms with Crippen LogP contribution in [0.1, 0.15) is 66.2 Å². The van der Waals surface area contributed by atoms with Gasteiger partial charge in [-0.05, 0) is 65.1 Å². The molecule has 1 N–H and O–H groups in total. The van der Waals surface area contributed by atoms with Gasteiger partial charge in [0.1, 0.15) is 0 Å². The number of hydrogen-bond donors (Lipinski definition) is 1. The number of unbranched alkanes of at least 4 members (excludes halogenated alkanes) is 1. The van der Waals surface area contributed by atoms with Crippen LogP contribution in [-0.4, -0.2) is 36.6 Å². The number of hydrogen-bond acceptors (Lipinski definition) is 2. The van der Waals surface area contributed by atoms with Crippen LogP contribution in [-0.2, 0) is 0 Å². The Kier molecular flexibility index (Phi) is 7.92. The van der Waals surface area contributed by atoms with Crippen LogP contribution in [0.4, 0.5) is 0 Å². The van der Waals surface area contributed by atoms with Crippen molar-refractivity contribution in [2.45, 2.75) is 78.3 Å². The average molecular weight is 254 g/mol. The predicted octanol–water partition coefficient (Wildman–Crippen LogP) is 3.67. The first-order valence-corrected chi connectivity index (χ1v) is 8.15. The Hall–Kier alpha value is -0.0800. The molecule has 1 aliphatic heterocycles. The van der Waals surface area contributed by atoms with Crippen molar-refractivity contribution in [2.75, 3.05) is 19.6 Å². The molecular weight excluding hydrogens is 220 g/mol. The molecule has 1 rings (SSSR count). The molecule has 0 amide bonds. The lowest BCUT2D eigenvalue weighted by molar-refractivity contribution is 0.158. The van der Waals surface area contributed by atoms with Crippen LogP contribution in [0.5, 0.6) is 0 Å². The van der Waals surface area contributed by atoms with E-state index in [1.165, 1.54) is 58.2 Å².